The van der Waals surface area contributed by atoms with Crippen molar-refractivity contribution in [3.63, 3.8) is 0 Å². The van der Waals surface area contributed by atoms with Crippen molar-refractivity contribution in [2.75, 3.05) is 6.54 Å². The SMILES string of the molecule is CC(C)CCNO. The topological polar surface area (TPSA) is 32.3 Å². The molecular formula is C5H13NO. The van der Waals surface area contributed by atoms with Crippen LogP contribution >= 0.6 is 0 Å². The van der Waals surface area contributed by atoms with Gasteiger partial charge in [0.15, 0.2) is 0 Å². The molecule has 0 fully saturated rings. The Bertz CT molecular complexity index is 37.1. The predicted molar refractivity (Wildman–Crippen MR) is 29.2 cm³/mol. The maximum Gasteiger partial charge on any atom is 0.0209 e. The molecule has 0 rings (SSSR count). The van der Waals surface area contributed by atoms with Crippen LogP contribution in [0.1, 0.15) is 20.3 Å². The highest BCUT2D eigenvalue weighted by Gasteiger charge is 1.88. The summed E-state index contributed by atoms with van der Waals surface area (Å²) in [5.74, 6) is 0.680. The standard InChI is InChI=1S/C5H13NO/c1-5(2)3-4-6-7/h5-7H,3-4H2,1-2H3. The van der Waals surface area contributed by atoms with Crippen molar-refractivity contribution in [2.45, 2.75) is 20.3 Å². The molecule has 2 heteroatoms. The first-order valence-electron chi connectivity index (χ1n) is 2.64. The lowest BCUT2D eigenvalue weighted by Crippen LogP contribution is -2.10. The molecule has 0 aliphatic rings. The molecule has 0 aliphatic heterocycles. The second-order valence-electron chi connectivity index (χ2n) is 2.09. The lowest BCUT2D eigenvalue weighted by Gasteiger charge is -1.99. The molecule has 2 N–H and O–H groups in total. The van der Waals surface area contributed by atoms with Gasteiger partial charge in [-0.05, 0) is 12.3 Å². The van der Waals surface area contributed by atoms with E-state index in [4.69, 9.17) is 5.21 Å². The summed E-state index contributed by atoms with van der Waals surface area (Å²) in [6, 6.07) is 0. The Hall–Kier alpha value is -0.0800. The smallest absolute Gasteiger partial charge is 0.0209 e. The molecule has 0 amide bonds. The van der Waals surface area contributed by atoms with Crippen LogP contribution < -0.4 is 5.48 Å². The van der Waals surface area contributed by atoms with Crippen LogP contribution in [0.4, 0.5) is 0 Å². The van der Waals surface area contributed by atoms with Crippen molar-refractivity contribution < 1.29 is 5.21 Å². The van der Waals surface area contributed by atoms with Crippen molar-refractivity contribution in [2.24, 2.45) is 5.92 Å². The molecule has 0 saturated carbocycles. The fraction of sp³-hybridized carbons (Fsp3) is 1.00. The van der Waals surface area contributed by atoms with Crippen molar-refractivity contribution >= 4 is 0 Å². The van der Waals surface area contributed by atoms with Gasteiger partial charge < -0.3 is 5.21 Å². The molecule has 7 heavy (non-hydrogen) atoms. The Morgan fingerprint density at radius 3 is 2.29 bits per heavy atom. The summed E-state index contributed by atoms with van der Waals surface area (Å²) >= 11 is 0. The van der Waals surface area contributed by atoms with Gasteiger partial charge >= 0.3 is 0 Å². The summed E-state index contributed by atoms with van der Waals surface area (Å²) in [4.78, 5) is 0. The van der Waals surface area contributed by atoms with Gasteiger partial charge in [-0.15, -0.1) is 0 Å². The lowest BCUT2D eigenvalue weighted by molar-refractivity contribution is 0.161. The molecule has 0 saturated heterocycles. The normalized spacial score (nSPS) is 10.3. The number of hydrogen-bond donors (Lipinski definition) is 2. The van der Waals surface area contributed by atoms with Crippen molar-refractivity contribution in [1.29, 1.82) is 0 Å². The zero-order chi connectivity index (χ0) is 5.70. The van der Waals surface area contributed by atoms with E-state index in [1.54, 1.807) is 0 Å². The molecule has 0 aromatic carbocycles. The van der Waals surface area contributed by atoms with Crippen molar-refractivity contribution in [1.82, 2.24) is 5.48 Å². The number of nitrogens with one attached hydrogen (secondary N) is 1. The van der Waals surface area contributed by atoms with Gasteiger partial charge in [0.25, 0.3) is 0 Å². The molecule has 0 bridgehead atoms. The van der Waals surface area contributed by atoms with Gasteiger partial charge in [0.2, 0.25) is 0 Å². The van der Waals surface area contributed by atoms with E-state index in [9.17, 15) is 0 Å². The van der Waals surface area contributed by atoms with E-state index in [2.05, 4.69) is 19.3 Å². The van der Waals surface area contributed by atoms with Crippen LogP contribution in [0.2, 0.25) is 0 Å². The summed E-state index contributed by atoms with van der Waals surface area (Å²) in [5, 5.41) is 8.07. The van der Waals surface area contributed by atoms with Gasteiger partial charge in [-0.1, -0.05) is 13.8 Å². The zero-order valence-electron chi connectivity index (χ0n) is 4.94. The molecule has 2 nitrogen and oxygen atoms in total. The third kappa shape index (κ3) is 5.92. The monoisotopic (exact) mass is 103 g/mol. The maximum atomic E-state index is 8.07. The molecule has 0 spiro atoms. The van der Waals surface area contributed by atoms with Gasteiger partial charge in [0.1, 0.15) is 0 Å². The third-order valence-electron chi connectivity index (χ3n) is 0.833. The molecule has 0 aromatic rings. The fourth-order valence-corrected chi connectivity index (χ4v) is 0.353. The van der Waals surface area contributed by atoms with E-state index in [1.807, 2.05) is 0 Å². The Morgan fingerprint density at radius 2 is 2.14 bits per heavy atom. The predicted octanol–water partition coefficient (Wildman–Crippen LogP) is 1.01. The third-order valence-corrected chi connectivity index (χ3v) is 0.833. The Kier molecular flexibility index (Phi) is 4.04. The quantitative estimate of drug-likeness (QED) is 0.522. The lowest BCUT2D eigenvalue weighted by atomic mass is 10.1. The van der Waals surface area contributed by atoms with Gasteiger partial charge in [-0.3, -0.25) is 0 Å². The molecule has 0 unspecified atom stereocenters. The molecule has 44 valence electrons. The van der Waals surface area contributed by atoms with Gasteiger partial charge in [-0.25, -0.2) is 5.48 Å². The van der Waals surface area contributed by atoms with E-state index in [-0.39, 0.29) is 0 Å². The highest BCUT2D eigenvalue weighted by Crippen LogP contribution is 1.94. The van der Waals surface area contributed by atoms with Crippen LogP contribution in [0.3, 0.4) is 0 Å². The minimum Gasteiger partial charge on any atom is -0.317 e. The summed E-state index contributed by atoms with van der Waals surface area (Å²) in [7, 11) is 0. The van der Waals surface area contributed by atoms with Gasteiger partial charge in [0, 0.05) is 6.54 Å². The molecular weight excluding hydrogens is 90.1 g/mol. The summed E-state index contributed by atoms with van der Waals surface area (Å²) in [6.07, 6.45) is 1.04. The number of rotatable bonds is 3. The number of hydrogen-bond acceptors (Lipinski definition) is 2. The minimum atomic E-state index is 0.680. The van der Waals surface area contributed by atoms with Crippen molar-refractivity contribution in [3.05, 3.63) is 0 Å². The van der Waals surface area contributed by atoms with Crippen LogP contribution in [-0.4, -0.2) is 11.8 Å². The number of hydroxylamine groups is 1. The second kappa shape index (κ2) is 4.09. The van der Waals surface area contributed by atoms with E-state index < -0.39 is 0 Å². The van der Waals surface area contributed by atoms with Crippen LogP contribution in [0.5, 0.6) is 0 Å². The molecule has 0 radical (unpaired) electrons. The first-order chi connectivity index (χ1) is 3.27. The average Bonchev–Trinajstić information content (AvgIpc) is 1.61. The van der Waals surface area contributed by atoms with Crippen LogP contribution in [0.15, 0.2) is 0 Å². The van der Waals surface area contributed by atoms with E-state index in [1.165, 1.54) is 0 Å². The zero-order valence-corrected chi connectivity index (χ0v) is 4.94. The van der Waals surface area contributed by atoms with Crippen molar-refractivity contribution in [3.8, 4) is 0 Å². The Morgan fingerprint density at radius 1 is 1.57 bits per heavy atom. The Balaban J connectivity index is 2.68. The maximum absolute atomic E-state index is 8.07. The molecule has 0 aromatic heterocycles. The highest BCUT2D eigenvalue weighted by atomic mass is 16.5. The largest absolute Gasteiger partial charge is 0.317 e. The second-order valence-corrected chi connectivity index (χ2v) is 2.09. The van der Waals surface area contributed by atoms with E-state index in [0.29, 0.717) is 12.5 Å². The highest BCUT2D eigenvalue weighted by molar-refractivity contribution is 4.42. The van der Waals surface area contributed by atoms with Crippen LogP contribution in [0.25, 0.3) is 0 Å². The van der Waals surface area contributed by atoms with Gasteiger partial charge in [0.05, 0.1) is 0 Å². The van der Waals surface area contributed by atoms with Crippen LogP contribution in [-0.2, 0) is 0 Å². The molecule has 0 aliphatic carbocycles. The summed E-state index contributed by atoms with van der Waals surface area (Å²) < 4.78 is 0. The van der Waals surface area contributed by atoms with Gasteiger partial charge in [-0.2, -0.15) is 0 Å². The minimum absolute atomic E-state index is 0.680. The first kappa shape index (κ1) is 6.92. The average molecular weight is 103 g/mol. The first-order valence-corrected chi connectivity index (χ1v) is 2.64. The van der Waals surface area contributed by atoms with E-state index >= 15 is 0 Å². The summed E-state index contributed by atoms with van der Waals surface area (Å²) in [5.41, 5.74) is 2.10. The fourth-order valence-electron chi connectivity index (χ4n) is 0.353. The van der Waals surface area contributed by atoms with E-state index in [0.717, 1.165) is 6.42 Å². The summed E-state index contributed by atoms with van der Waals surface area (Å²) in [6.45, 7) is 4.95. The molecule has 0 heterocycles. The Labute approximate surface area is 44.5 Å². The molecule has 0 atom stereocenters. The van der Waals surface area contributed by atoms with Crippen LogP contribution in [0, 0.1) is 5.92 Å².